The van der Waals surface area contributed by atoms with Gasteiger partial charge in [0, 0.05) is 124 Å². The molecule has 0 radical (unpaired) electrons. The number of carboxylic acid groups (broad SMARTS) is 1. The molecular formula is C62H95AlBr3Cl2LiN10O7S6. The number of thiocarbonyl (C=S) groups is 1. The number of carbonyl (C=O) groups excluding carboxylic acids is 5. The number of hydrogen-bond donors (Lipinski definition) is 5. The van der Waals surface area contributed by atoms with Crippen molar-refractivity contribution < 1.29 is 54.2 Å². The second-order valence-electron chi connectivity index (χ2n) is 22.0. The second-order valence-corrected chi connectivity index (χ2v) is 29.7. The molecule has 7 aliphatic carbocycles. The van der Waals surface area contributed by atoms with Crippen molar-refractivity contribution in [3.05, 3.63) is 77.9 Å². The van der Waals surface area contributed by atoms with Gasteiger partial charge in [-0.25, -0.2) is 24.9 Å². The maximum Gasteiger partial charge on any atom is 1.00 e. The predicted molar refractivity (Wildman–Crippen MR) is 401 cm³/mol. The third-order valence-corrected chi connectivity index (χ3v) is 21.2. The van der Waals surface area contributed by atoms with Crippen LogP contribution in [0.4, 0.5) is 0 Å². The number of fused-ring (bicyclic) bond motifs is 5. The van der Waals surface area contributed by atoms with E-state index in [1.807, 2.05) is 62.0 Å². The van der Waals surface area contributed by atoms with Gasteiger partial charge in [0.15, 0.2) is 34.7 Å². The molecule has 510 valence electrons. The molecule has 2 saturated carbocycles. The van der Waals surface area contributed by atoms with Crippen LogP contribution in [0.2, 0.25) is 0 Å². The average molecular weight is 1630 g/mol. The SMILES string of the molecule is BrBr.CC(=O)O.CC(N)=S.CNCC1CCCc2nc(C)sc21.CNCC1CCCc2nc(C)sc21.Cc1nc2c(s1)C(=O)CCC2.Cc1nc2c(s1)C(C#N)CCC2.Cc1nc2c(s1)C(CN)CCC2.Cl.Cl.O=C1CCCC(=O)C1.O=C1CCCC(=O)C1Br.[AlH3].[H-].[Li+]. The normalized spacial score (nSPS) is 18.5. The van der Waals surface area contributed by atoms with Crippen LogP contribution in [0.3, 0.4) is 0 Å². The van der Waals surface area contributed by atoms with Crippen LogP contribution in [-0.4, -0.2) is 126 Å². The number of alkyl halides is 1. The predicted octanol–water partition coefficient (Wildman–Crippen LogP) is 11.0. The van der Waals surface area contributed by atoms with Gasteiger partial charge in [-0.15, -0.1) is 81.5 Å². The number of aromatic nitrogens is 5. The van der Waals surface area contributed by atoms with E-state index in [0.29, 0.717) is 43.0 Å². The first kappa shape index (κ1) is 92.4. The van der Waals surface area contributed by atoms with E-state index in [-0.39, 0.29) is 104 Å². The van der Waals surface area contributed by atoms with Gasteiger partial charge < -0.3 is 28.6 Å². The molecule has 2 fully saturated rings. The number of likely N-dealkylation sites (N-methyl/N-ethyl adjacent to an activating group) is 2. The third kappa shape index (κ3) is 33.3. The summed E-state index contributed by atoms with van der Waals surface area (Å²) in [7, 11) is 4.06. The van der Waals surface area contributed by atoms with Crippen molar-refractivity contribution in [3.8, 4) is 6.07 Å². The summed E-state index contributed by atoms with van der Waals surface area (Å²) >= 11 is 21.7. The van der Waals surface area contributed by atoms with Gasteiger partial charge in [-0.3, -0.25) is 28.8 Å². The Morgan fingerprint density at radius 2 is 0.902 bits per heavy atom. The van der Waals surface area contributed by atoms with E-state index in [0.717, 1.165) is 110 Å². The topological polar surface area (TPSA) is 287 Å². The average Bonchev–Trinajstić information content (AvgIpc) is 1.80. The minimum absolute atomic E-state index is 0. The van der Waals surface area contributed by atoms with Crippen molar-refractivity contribution in [2.45, 2.75) is 218 Å². The fraction of sp³-hybridized carbons (Fsp3) is 0.629. The van der Waals surface area contributed by atoms with Crippen molar-refractivity contribution in [1.82, 2.24) is 35.6 Å². The Balaban J connectivity index is -0.000000987. The number of ketones is 5. The third-order valence-electron chi connectivity index (χ3n) is 14.5. The summed E-state index contributed by atoms with van der Waals surface area (Å²) in [6.07, 6.45) is 21.3. The molecule has 5 aromatic heterocycles. The summed E-state index contributed by atoms with van der Waals surface area (Å²) in [5.41, 5.74) is 16.8. The number of thiazole rings is 5. The largest absolute Gasteiger partial charge is 1.00 e. The molecule has 30 heteroatoms. The second kappa shape index (κ2) is 50.7. The van der Waals surface area contributed by atoms with Crippen LogP contribution in [-0.2, 0) is 56.1 Å². The first-order valence-corrected chi connectivity index (χ1v) is 39.2. The minimum Gasteiger partial charge on any atom is -1.00 e. The summed E-state index contributed by atoms with van der Waals surface area (Å²) in [5, 5.41) is 28.6. The Bertz CT molecular complexity index is 3010. The number of aryl methyl sites for hydroxylation is 10. The van der Waals surface area contributed by atoms with Gasteiger partial charge in [0.05, 0.1) is 81.8 Å². The Hall–Kier alpha value is -1.62. The number of carboxylic acids is 1. The van der Waals surface area contributed by atoms with Gasteiger partial charge >= 0.3 is 18.9 Å². The number of halogens is 5. The molecule has 12 rings (SSSR count). The molecule has 4 atom stereocenters. The van der Waals surface area contributed by atoms with E-state index in [1.165, 1.54) is 120 Å². The smallest absolute Gasteiger partial charge is 1.00 e. The van der Waals surface area contributed by atoms with Gasteiger partial charge in [0.25, 0.3) is 5.97 Å². The summed E-state index contributed by atoms with van der Waals surface area (Å²) < 4.78 is 0. The van der Waals surface area contributed by atoms with Gasteiger partial charge in [-0.1, -0.05) is 28.1 Å². The van der Waals surface area contributed by atoms with E-state index in [9.17, 15) is 24.0 Å². The number of rotatable bonds is 5. The number of nitrogens with one attached hydrogen (secondary N) is 2. The molecule has 5 aromatic rings. The molecule has 0 bridgehead atoms. The van der Waals surface area contributed by atoms with Gasteiger partial charge in [-0.05, 0) is 158 Å². The fourth-order valence-electron chi connectivity index (χ4n) is 10.8. The number of Topliss-reactive ketones (excluding diaryl/α,β-unsaturated/α-hetero) is 5. The Kier molecular flexibility index (Phi) is 50.9. The summed E-state index contributed by atoms with van der Waals surface area (Å²) in [6.45, 7) is 16.0. The van der Waals surface area contributed by atoms with E-state index in [2.05, 4.69) is 119 Å². The zero-order valence-corrected chi connectivity index (χ0v) is 65.5. The van der Waals surface area contributed by atoms with Crippen molar-refractivity contribution in [2.75, 3.05) is 33.7 Å². The van der Waals surface area contributed by atoms with Crippen molar-refractivity contribution >= 4 is 195 Å². The number of nitriles is 1. The summed E-state index contributed by atoms with van der Waals surface area (Å²) in [4.78, 5) is 91.7. The zero-order valence-electron chi connectivity index (χ0n) is 55.2. The van der Waals surface area contributed by atoms with Gasteiger partial charge in [-0.2, -0.15) is 5.26 Å². The quantitative estimate of drug-likeness (QED) is 0.0473. The maximum absolute atomic E-state index is 11.3. The van der Waals surface area contributed by atoms with Crippen LogP contribution < -0.4 is 41.0 Å². The molecule has 4 unspecified atom stereocenters. The molecule has 17 nitrogen and oxygen atoms in total. The molecule has 7 aliphatic rings. The molecule has 0 amide bonds. The standard InChI is InChI=1S/2C10H16N2S.C9H14N2S.C9H10N2S.C8H9NOS.C6H7BrO2.C6H8O2.C2H5NS.C2H4O2.Al.Br2.2ClH.Li.4H/c2*1-7-12-9-5-3-4-8(6-11-2)10(9)13-7;2*1-6-11-8-4-2-3-7(5-10)9(8)12-6;1-5-9-6-3-2-4-7(10)8(6)11-5;7-6-4(8)2-1-3-5(6)9;7-5-2-1-3-6(8)4-5;2*1-2(3)4;;1-2;;;;;;;/h2*8,11H,3-6H2,1-2H3;7H,2-5,10H2,1H3;7H,2-4H2,1H3;2-4H2,1H3;6H,1-3H2;1-4H2;1H3,(H2,3,4);1H3,(H,3,4);;;2*1H;;;;;/q;;;;;;;;;;;;;+1;;;;-1. The van der Waals surface area contributed by atoms with E-state index in [1.54, 1.807) is 18.3 Å². The van der Waals surface area contributed by atoms with Crippen molar-refractivity contribution in [2.24, 2.45) is 11.5 Å². The van der Waals surface area contributed by atoms with Crippen molar-refractivity contribution in [1.29, 1.82) is 5.26 Å². The number of aliphatic carboxylic acids is 1. The number of carbonyl (C=O) groups is 6. The van der Waals surface area contributed by atoms with E-state index in [4.69, 9.17) is 26.6 Å². The zero-order chi connectivity index (χ0) is 65.5. The molecular weight excluding hydrogens is 1530 g/mol. The van der Waals surface area contributed by atoms with Crippen LogP contribution in [0.1, 0.15) is 231 Å². The van der Waals surface area contributed by atoms with Crippen LogP contribution in [0.5, 0.6) is 0 Å². The molecule has 7 N–H and O–H groups in total. The van der Waals surface area contributed by atoms with Crippen molar-refractivity contribution in [3.63, 3.8) is 0 Å². The molecule has 5 heterocycles. The van der Waals surface area contributed by atoms with Gasteiger partial charge in [0.1, 0.15) is 16.4 Å². The van der Waals surface area contributed by atoms with Crippen LogP contribution in [0, 0.1) is 45.9 Å². The van der Waals surface area contributed by atoms with Crippen LogP contribution in [0.25, 0.3) is 0 Å². The monoisotopic (exact) mass is 1620 g/mol. The van der Waals surface area contributed by atoms with Gasteiger partial charge in [0.2, 0.25) is 0 Å². The molecule has 92 heavy (non-hydrogen) atoms. The molecule has 0 saturated heterocycles. The number of nitrogens with two attached hydrogens (primary N) is 2. The maximum atomic E-state index is 11.3. The summed E-state index contributed by atoms with van der Waals surface area (Å²) in [5.74, 6) is 1.91. The molecule has 0 aliphatic heterocycles. The first-order chi connectivity index (χ1) is 42.0. The fourth-order valence-corrected chi connectivity index (χ4v) is 16.6. The Labute approximate surface area is 631 Å². The number of hydrogen-bond acceptors (Lipinski definition) is 21. The Morgan fingerprint density at radius 3 is 1.25 bits per heavy atom. The van der Waals surface area contributed by atoms with E-state index < -0.39 is 10.8 Å². The molecule has 0 spiro atoms. The molecule has 0 aromatic carbocycles. The summed E-state index contributed by atoms with van der Waals surface area (Å²) in [6, 6.07) is 2.34. The first-order valence-electron chi connectivity index (χ1n) is 30.0. The minimum atomic E-state index is -0.833. The van der Waals surface area contributed by atoms with Crippen LogP contribution in [0.15, 0.2) is 0 Å². The number of nitrogens with zero attached hydrogens (tertiary/aromatic N) is 6. The Morgan fingerprint density at radius 1 is 0.587 bits per heavy atom. The van der Waals surface area contributed by atoms with Crippen LogP contribution >= 0.6 is 138 Å². The van der Waals surface area contributed by atoms with E-state index >= 15 is 0 Å².